The van der Waals surface area contributed by atoms with E-state index in [0.717, 1.165) is 31.7 Å². The van der Waals surface area contributed by atoms with Crippen molar-refractivity contribution in [3.05, 3.63) is 35.6 Å². The summed E-state index contributed by atoms with van der Waals surface area (Å²) in [7, 11) is 4.19. The van der Waals surface area contributed by atoms with E-state index in [-0.39, 0.29) is 17.6 Å². The Hall–Kier alpha value is -1.46. The summed E-state index contributed by atoms with van der Waals surface area (Å²) in [5.74, 6) is 0.430. The first-order valence-electron chi connectivity index (χ1n) is 10.1. The van der Waals surface area contributed by atoms with Crippen LogP contribution >= 0.6 is 0 Å². The predicted molar refractivity (Wildman–Crippen MR) is 109 cm³/mol. The highest BCUT2D eigenvalue weighted by molar-refractivity contribution is 5.77. The Morgan fingerprint density at radius 3 is 2.19 bits per heavy atom. The number of rotatable bonds is 7. The number of carbonyl (C=O) groups excluding carboxylic acids is 1. The van der Waals surface area contributed by atoms with Crippen LogP contribution in [0.2, 0.25) is 0 Å². The summed E-state index contributed by atoms with van der Waals surface area (Å²) in [5.41, 5.74) is 1.05. The second kappa shape index (κ2) is 9.65. The molecule has 3 unspecified atom stereocenters. The second-order valence-corrected chi connectivity index (χ2v) is 8.64. The molecule has 0 aliphatic carbocycles. The molecule has 0 spiro atoms. The van der Waals surface area contributed by atoms with Crippen LogP contribution in [0.15, 0.2) is 24.3 Å². The van der Waals surface area contributed by atoms with Gasteiger partial charge in [0.25, 0.3) is 0 Å². The van der Waals surface area contributed by atoms with Gasteiger partial charge in [-0.3, -0.25) is 9.69 Å². The molecule has 3 atom stereocenters. The molecule has 1 amide bonds. The van der Waals surface area contributed by atoms with E-state index in [1.165, 1.54) is 12.1 Å². The van der Waals surface area contributed by atoms with Crippen molar-refractivity contribution in [2.24, 2.45) is 5.92 Å². The largest absolute Gasteiger partial charge is 0.340 e. The molecule has 0 bridgehead atoms. The van der Waals surface area contributed by atoms with Crippen LogP contribution in [0.25, 0.3) is 0 Å². The molecule has 152 valence electrons. The molecule has 1 aromatic carbocycles. The number of benzene rings is 1. The van der Waals surface area contributed by atoms with E-state index in [1.54, 1.807) is 0 Å². The van der Waals surface area contributed by atoms with E-state index >= 15 is 0 Å². The Morgan fingerprint density at radius 2 is 1.70 bits per heavy atom. The van der Waals surface area contributed by atoms with Crippen LogP contribution in [-0.2, 0) is 4.79 Å². The summed E-state index contributed by atoms with van der Waals surface area (Å²) in [5, 5.41) is 0. The Kier molecular flexibility index (Phi) is 7.80. The van der Waals surface area contributed by atoms with Gasteiger partial charge in [-0.1, -0.05) is 26.0 Å². The quantitative estimate of drug-likeness (QED) is 0.728. The predicted octanol–water partition coefficient (Wildman–Crippen LogP) is 3.44. The highest BCUT2D eigenvalue weighted by Crippen LogP contribution is 2.29. The fourth-order valence-electron chi connectivity index (χ4n) is 4.08. The third kappa shape index (κ3) is 6.01. The van der Waals surface area contributed by atoms with Gasteiger partial charge in [-0.15, -0.1) is 0 Å². The summed E-state index contributed by atoms with van der Waals surface area (Å²) >= 11 is 0. The number of likely N-dealkylation sites (N-methyl/N-ethyl adjacent to an activating group) is 1. The molecule has 1 aliphatic rings. The lowest BCUT2D eigenvalue weighted by Gasteiger charge is -2.45. The molecule has 1 fully saturated rings. The second-order valence-electron chi connectivity index (χ2n) is 8.64. The van der Waals surface area contributed by atoms with Crippen molar-refractivity contribution < 1.29 is 9.18 Å². The molecule has 2 rings (SSSR count). The number of hydrogen-bond donors (Lipinski definition) is 0. The average molecular weight is 378 g/mol. The fraction of sp³-hybridized carbons (Fsp3) is 0.682. The van der Waals surface area contributed by atoms with Crippen LogP contribution in [0.3, 0.4) is 0 Å². The SMILES string of the molecule is CC(C)C(CC(=O)N1CC(C)N(CCN(C)C)C(C)C1)c1ccc(F)cc1. The molecule has 1 aliphatic heterocycles. The van der Waals surface area contributed by atoms with Gasteiger partial charge in [-0.05, 0) is 57.5 Å². The first-order valence-corrected chi connectivity index (χ1v) is 10.1. The summed E-state index contributed by atoms with van der Waals surface area (Å²) in [6, 6.07) is 7.34. The highest BCUT2D eigenvalue weighted by atomic mass is 19.1. The molecule has 5 heteroatoms. The zero-order valence-corrected chi connectivity index (χ0v) is 17.8. The summed E-state index contributed by atoms with van der Waals surface area (Å²) in [4.78, 5) is 19.8. The lowest BCUT2D eigenvalue weighted by atomic mass is 9.85. The zero-order chi connectivity index (χ0) is 20.1. The van der Waals surface area contributed by atoms with Gasteiger partial charge >= 0.3 is 0 Å². The molecule has 0 radical (unpaired) electrons. The van der Waals surface area contributed by atoms with Gasteiger partial charge in [-0.2, -0.15) is 0 Å². The lowest BCUT2D eigenvalue weighted by molar-refractivity contribution is -0.136. The standard InChI is InChI=1S/C22H36FN3O/c1-16(2)21(19-7-9-20(23)10-8-19)13-22(27)25-14-17(3)26(18(4)15-25)12-11-24(5)6/h7-10,16-18,21H,11-15H2,1-6H3. The van der Waals surface area contributed by atoms with E-state index in [4.69, 9.17) is 0 Å². The Bertz CT molecular complexity index is 590. The van der Waals surface area contributed by atoms with Gasteiger partial charge in [-0.25, -0.2) is 4.39 Å². The molecule has 0 saturated carbocycles. The zero-order valence-electron chi connectivity index (χ0n) is 17.8. The highest BCUT2D eigenvalue weighted by Gasteiger charge is 2.32. The lowest BCUT2D eigenvalue weighted by Crippen LogP contribution is -2.59. The van der Waals surface area contributed by atoms with E-state index < -0.39 is 0 Å². The Morgan fingerprint density at radius 1 is 1.15 bits per heavy atom. The van der Waals surface area contributed by atoms with Crippen LogP contribution in [-0.4, -0.2) is 73.0 Å². The third-order valence-electron chi connectivity index (χ3n) is 5.76. The maximum Gasteiger partial charge on any atom is 0.223 e. The molecule has 27 heavy (non-hydrogen) atoms. The third-order valence-corrected chi connectivity index (χ3v) is 5.76. The Balaban J connectivity index is 2.01. The molecule has 1 saturated heterocycles. The monoisotopic (exact) mass is 377 g/mol. The van der Waals surface area contributed by atoms with Gasteiger partial charge < -0.3 is 9.80 Å². The maximum atomic E-state index is 13.3. The summed E-state index contributed by atoms with van der Waals surface area (Å²) in [6.07, 6.45) is 0.487. The number of nitrogens with zero attached hydrogens (tertiary/aromatic N) is 3. The van der Waals surface area contributed by atoms with Crippen LogP contribution < -0.4 is 0 Å². The Labute approximate surface area is 164 Å². The maximum absolute atomic E-state index is 13.3. The number of halogens is 1. The van der Waals surface area contributed by atoms with Crippen molar-refractivity contribution in [1.29, 1.82) is 0 Å². The molecule has 4 nitrogen and oxygen atoms in total. The minimum absolute atomic E-state index is 0.121. The van der Waals surface area contributed by atoms with Crippen molar-refractivity contribution in [2.45, 2.75) is 52.1 Å². The fourth-order valence-corrected chi connectivity index (χ4v) is 4.08. The summed E-state index contributed by atoms with van der Waals surface area (Å²) < 4.78 is 13.3. The van der Waals surface area contributed by atoms with Crippen molar-refractivity contribution in [1.82, 2.24) is 14.7 Å². The van der Waals surface area contributed by atoms with Crippen LogP contribution in [0.5, 0.6) is 0 Å². The van der Waals surface area contributed by atoms with Crippen molar-refractivity contribution in [2.75, 3.05) is 40.3 Å². The first kappa shape index (κ1) is 21.8. The smallest absolute Gasteiger partial charge is 0.223 e. The normalized spacial score (nSPS) is 22.5. The molecule has 1 heterocycles. The number of piperazine rings is 1. The minimum atomic E-state index is -0.232. The van der Waals surface area contributed by atoms with Gasteiger partial charge in [0, 0.05) is 44.7 Å². The molecular weight excluding hydrogens is 341 g/mol. The topological polar surface area (TPSA) is 26.8 Å². The summed E-state index contributed by atoms with van der Waals surface area (Å²) in [6.45, 7) is 12.3. The van der Waals surface area contributed by atoms with E-state index in [0.29, 0.717) is 24.4 Å². The minimum Gasteiger partial charge on any atom is -0.340 e. The van der Waals surface area contributed by atoms with Gasteiger partial charge in [0.2, 0.25) is 5.91 Å². The van der Waals surface area contributed by atoms with E-state index in [9.17, 15) is 9.18 Å². The number of amides is 1. The average Bonchev–Trinajstić information content (AvgIpc) is 2.59. The van der Waals surface area contributed by atoms with E-state index in [2.05, 4.69) is 51.6 Å². The van der Waals surface area contributed by atoms with Crippen molar-refractivity contribution in [3.63, 3.8) is 0 Å². The van der Waals surface area contributed by atoms with Crippen molar-refractivity contribution >= 4 is 5.91 Å². The van der Waals surface area contributed by atoms with Gasteiger partial charge in [0.1, 0.15) is 5.82 Å². The van der Waals surface area contributed by atoms with E-state index in [1.807, 2.05) is 17.0 Å². The van der Waals surface area contributed by atoms with Crippen LogP contribution in [0, 0.1) is 11.7 Å². The number of carbonyl (C=O) groups is 1. The van der Waals surface area contributed by atoms with Crippen LogP contribution in [0.4, 0.5) is 4.39 Å². The van der Waals surface area contributed by atoms with Crippen molar-refractivity contribution in [3.8, 4) is 0 Å². The molecular formula is C22H36FN3O. The van der Waals surface area contributed by atoms with Gasteiger partial charge in [0.05, 0.1) is 0 Å². The van der Waals surface area contributed by atoms with Crippen LogP contribution in [0.1, 0.15) is 45.6 Å². The molecule has 1 aromatic rings. The van der Waals surface area contributed by atoms with Gasteiger partial charge in [0.15, 0.2) is 0 Å². The molecule has 0 N–H and O–H groups in total. The molecule has 0 aromatic heterocycles. The first-order chi connectivity index (χ1) is 12.7. The number of hydrogen-bond acceptors (Lipinski definition) is 3.